The molecule has 98 valence electrons. The van der Waals surface area contributed by atoms with E-state index in [1.54, 1.807) is 24.3 Å². The van der Waals surface area contributed by atoms with Crippen molar-refractivity contribution in [2.45, 2.75) is 0 Å². The van der Waals surface area contributed by atoms with Crippen molar-refractivity contribution < 1.29 is 9.13 Å². The highest BCUT2D eigenvalue weighted by atomic mass is 79.9. The smallest absolute Gasteiger partial charge is 0.141 e. The Kier molecular flexibility index (Phi) is 4.07. The standard InChI is InChI=1S/C13H9BrClFN2O/c14-8-5-4-7(6-10(8)16)19-11-3-1-2-9(15)12(11)13(17)18/h1-6H,(H3,17,18). The Labute approximate surface area is 122 Å². The molecule has 0 amide bonds. The highest BCUT2D eigenvalue weighted by molar-refractivity contribution is 9.10. The van der Waals surface area contributed by atoms with E-state index in [0.29, 0.717) is 21.0 Å². The minimum atomic E-state index is -0.441. The average molecular weight is 344 g/mol. The second-order valence-electron chi connectivity index (χ2n) is 3.70. The average Bonchev–Trinajstić information content (AvgIpc) is 2.33. The van der Waals surface area contributed by atoms with Crippen LogP contribution in [0.4, 0.5) is 4.39 Å². The maximum Gasteiger partial charge on any atom is 0.141 e. The van der Waals surface area contributed by atoms with Gasteiger partial charge in [-0.3, -0.25) is 5.41 Å². The van der Waals surface area contributed by atoms with Crippen LogP contribution in [0.5, 0.6) is 11.5 Å². The van der Waals surface area contributed by atoms with Crippen molar-refractivity contribution in [3.05, 3.63) is 57.3 Å². The second-order valence-corrected chi connectivity index (χ2v) is 4.97. The lowest BCUT2D eigenvalue weighted by molar-refractivity contribution is 0.475. The quantitative estimate of drug-likeness (QED) is 0.644. The summed E-state index contributed by atoms with van der Waals surface area (Å²) >= 11 is 9.02. The highest BCUT2D eigenvalue weighted by Gasteiger charge is 2.12. The third-order valence-electron chi connectivity index (χ3n) is 2.36. The Morgan fingerprint density at radius 3 is 2.68 bits per heavy atom. The van der Waals surface area contributed by atoms with E-state index >= 15 is 0 Å². The van der Waals surface area contributed by atoms with Gasteiger partial charge >= 0.3 is 0 Å². The van der Waals surface area contributed by atoms with Crippen LogP contribution in [0.15, 0.2) is 40.9 Å². The largest absolute Gasteiger partial charge is 0.456 e. The Morgan fingerprint density at radius 1 is 1.32 bits per heavy atom. The summed E-state index contributed by atoms with van der Waals surface area (Å²) in [4.78, 5) is 0. The topological polar surface area (TPSA) is 59.1 Å². The van der Waals surface area contributed by atoms with Gasteiger partial charge in [-0.25, -0.2) is 4.39 Å². The zero-order chi connectivity index (χ0) is 14.0. The summed E-state index contributed by atoms with van der Waals surface area (Å²) in [7, 11) is 0. The van der Waals surface area contributed by atoms with Gasteiger partial charge in [-0.1, -0.05) is 17.7 Å². The van der Waals surface area contributed by atoms with E-state index in [4.69, 9.17) is 27.5 Å². The molecule has 0 radical (unpaired) electrons. The minimum absolute atomic E-state index is 0.210. The Morgan fingerprint density at radius 2 is 2.05 bits per heavy atom. The summed E-state index contributed by atoms with van der Waals surface area (Å²) in [5.74, 6) is -0.0470. The maximum atomic E-state index is 13.4. The van der Waals surface area contributed by atoms with Crippen LogP contribution in [0, 0.1) is 11.2 Å². The summed E-state index contributed by atoms with van der Waals surface area (Å²) < 4.78 is 19.3. The van der Waals surface area contributed by atoms with Crippen LogP contribution >= 0.6 is 27.5 Å². The molecule has 0 aliphatic heterocycles. The molecule has 0 heterocycles. The lowest BCUT2D eigenvalue weighted by Crippen LogP contribution is -2.13. The van der Waals surface area contributed by atoms with Gasteiger partial charge in [0.2, 0.25) is 0 Å². The molecule has 0 bridgehead atoms. The predicted octanol–water partition coefficient (Wildman–Crippen LogP) is 4.32. The molecule has 0 unspecified atom stereocenters. The molecular weight excluding hydrogens is 335 g/mol. The lowest BCUT2D eigenvalue weighted by Gasteiger charge is -2.11. The van der Waals surface area contributed by atoms with Crippen molar-refractivity contribution in [1.82, 2.24) is 0 Å². The van der Waals surface area contributed by atoms with Gasteiger partial charge in [0.15, 0.2) is 0 Å². The molecule has 6 heteroatoms. The van der Waals surface area contributed by atoms with E-state index in [-0.39, 0.29) is 11.4 Å². The van der Waals surface area contributed by atoms with Gasteiger partial charge in [0.05, 0.1) is 15.1 Å². The summed E-state index contributed by atoms with van der Waals surface area (Å²) in [5.41, 5.74) is 5.75. The Hall–Kier alpha value is -1.59. The zero-order valence-corrected chi connectivity index (χ0v) is 11.9. The summed E-state index contributed by atoms with van der Waals surface area (Å²) in [6.45, 7) is 0. The monoisotopic (exact) mass is 342 g/mol. The molecule has 0 aliphatic rings. The number of nitrogens with one attached hydrogen (secondary N) is 1. The van der Waals surface area contributed by atoms with Crippen LogP contribution in [0.2, 0.25) is 5.02 Å². The molecule has 2 aromatic carbocycles. The second kappa shape index (κ2) is 5.59. The van der Waals surface area contributed by atoms with Crippen molar-refractivity contribution in [3.63, 3.8) is 0 Å². The minimum Gasteiger partial charge on any atom is -0.456 e. The van der Waals surface area contributed by atoms with Gasteiger partial charge in [-0.15, -0.1) is 0 Å². The van der Waals surface area contributed by atoms with E-state index in [2.05, 4.69) is 15.9 Å². The van der Waals surface area contributed by atoms with Crippen LogP contribution in [-0.4, -0.2) is 5.84 Å². The summed E-state index contributed by atoms with van der Waals surface area (Å²) in [5, 5.41) is 7.80. The first kappa shape index (κ1) is 13.8. The molecule has 3 N–H and O–H groups in total. The third-order valence-corrected chi connectivity index (χ3v) is 3.32. The van der Waals surface area contributed by atoms with Crippen LogP contribution in [0.1, 0.15) is 5.56 Å². The molecule has 3 nitrogen and oxygen atoms in total. The fraction of sp³-hybridized carbons (Fsp3) is 0. The maximum absolute atomic E-state index is 13.4. The van der Waals surface area contributed by atoms with E-state index in [1.165, 1.54) is 12.1 Å². The first-order valence-electron chi connectivity index (χ1n) is 5.25. The van der Waals surface area contributed by atoms with Gasteiger partial charge in [-0.05, 0) is 40.2 Å². The van der Waals surface area contributed by atoms with E-state index < -0.39 is 5.82 Å². The summed E-state index contributed by atoms with van der Waals surface area (Å²) in [6, 6.07) is 9.24. The van der Waals surface area contributed by atoms with Gasteiger partial charge < -0.3 is 10.5 Å². The van der Waals surface area contributed by atoms with Crippen molar-refractivity contribution >= 4 is 33.4 Å². The van der Waals surface area contributed by atoms with E-state index in [9.17, 15) is 4.39 Å². The highest BCUT2D eigenvalue weighted by Crippen LogP contribution is 2.31. The number of hydrogen-bond donors (Lipinski definition) is 2. The first-order valence-corrected chi connectivity index (χ1v) is 6.42. The van der Waals surface area contributed by atoms with E-state index in [1.807, 2.05) is 0 Å². The normalized spacial score (nSPS) is 10.3. The SMILES string of the molecule is N=C(N)c1c(Cl)cccc1Oc1ccc(Br)c(F)c1. The van der Waals surface area contributed by atoms with Gasteiger partial charge in [0, 0.05) is 6.07 Å². The van der Waals surface area contributed by atoms with Gasteiger partial charge in [0.1, 0.15) is 23.2 Å². The number of benzene rings is 2. The number of halogens is 3. The molecule has 0 aromatic heterocycles. The van der Waals surface area contributed by atoms with Crippen molar-refractivity contribution in [3.8, 4) is 11.5 Å². The first-order chi connectivity index (χ1) is 8.99. The number of ether oxygens (including phenoxy) is 1. The molecule has 2 aromatic rings. The number of nitrogens with two attached hydrogens (primary N) is 1. The van der Waals surface area contributed by atoms with Crippen LogP contribution in [-0.2, 0) is 0 Å². The molecule has 0 aliphatic carbocycles. The van der Waals surface area contributed by atoms with E-state index in [0.717, 1.165) is 0 Å². The van der Waals surface area contributed by atoms with Gasteiger partial charge in [0.25, 0.3) is 0 Å². The molecule has 0 saturated heterocycles. The molecular formula is C13H9BrClFN2O. The number of hydrogen-bond acceptors (Lipinski definition) is 2. The summed E-state index contributed by atoms with van der Waals surface area (Å²) in [6.07, 6.45) is 0. The molecule has 0 saturated carbocycles. The Balaban J connectivity index is 2.40. The number of amidine groups is 1. The number of nitrogen functional groups attached to an aromatic ring is 1. The third kappa shape index (κ3) is 3.05. The fourth-order valence-electron chi connectivity index (χ4n) is 1.52. The molecule has 0 spiro atoms. The zero-order valence-electron chi connectivity index (χ0n) is 9.58. The number of rotatable bonds is 3. The van der Waals surface area contributed by atoms with Crippen LogP contribution in [0.25, 0.3) is 0 Å². The fourth-order valence-corrected chi connectivity index (χ4v) is 2.03. The van der Waals surface area contributed by atoms with Crippen LogP contribution in [0.3, 0.4) is 0 Å². The van der Waals surface area contributed by atoms with Crippen molar-refractivity contribution in [2.75, 3.05) is 0 Å². The van der Waals surface area contributed by atoms with Crippen molar-refractivity contribution in [2.24, 2.45) is 5.73 Å². The van der Waals surface area contributed by atoms with Crippen LogP contribution < -0.4 is 10.5 Å². The Bertz CT molecular complexity index is 649. The molecule has 0 fully saturated rings. The lowest BCUT2D eigenvalue weighted by atomic mass is 10.2. The van der Waals surface area contributed by atoms with Gasteiger partial charge in [-0.2, -0.15) is 0 Å². The molecule has 0 atom stereocenters. The molecule has 19 heavy (non-hydrogen) atoms. The predicted molar refractivity (Wildman–Crippen MR) is 76.6 cm³/mol. The molecule has 2 rings (SSSR count). The van der Waals surface area contributed by atoms with Crippen molar-refractivity contribution in [1.29, 1.82) is 5.41 Å².